The average molecular weight is 266 g/mol. The Labute approximate surface area is 121 Å². The number of rotatable bonds is 5. The van der Waals surface area contributed by atoms with Crippen molar-refractivity contribution in [3.8, 4) is 0 Å². The number of nitrogens with zero attached hydrogens (tertiary/aromatic N) is 1. The number of aryl methyl sites for hydroxylation is 1. The largest absolute Gasteiger partial charge is 0.314 e. The van der Waals surface area contributed by atoms with E-state index in [9.17, 15) is 0 Å². The Morgan fingerprint density at radius 1 is 1.15 bits per heavy atom. The Bertz CT molecular complexity index is 544. The second kappa shape index (κ2) is 6.19. The molecule has 20 heavy (non-hydrogen) atoms. The maximum atomic E-state index is 4.35. The van der Waals surface area contributed by atoms with Crippen LogP contribution in [0.15, 0.2) is 48.7 Å². The SMILES string of the molecule is Cc1cccc(C2CC(NCCc3ccccn3)C2)c1. The van der Waals surface area contributed by atoms with Gasteiger partial charge in [0, 0.05) is 30.9 Å². The topological polar surface area (TPSA) is 24.9 Å². The first kappa shape index (κ1) is 13.3. The van der Waals surface area contributed by atoms with Crippen LogP contribution in [0.3, 0.4) is 0 Å². The van der Waals surface area contributed by atoms with Gasteiger partial charge in [-0.25, -0.2) is 0 Å². The third-order valence-electron chi connectivity index (χ3n) is 4.19. The van der Waals surface area contributed by atoms with Crippen molar-refractivity contribution < 1.29 is 0 Å². The van der Waals surface area contributed by atoms with E-state index in [0.717, 1.165) is 18.9 Å². The first-order chi connectivity index (χ1) is 9.81. The molecule has 1 aromatic heterocycles. The maximum absolute atomic E-state index is 4.35. The summed E-state index contributed by atoms with van der Waals surface area (Å²) in [6.07, 6.45) is 5.43. The highest BCUT2D eigenvalue weighted by atomic mass is 14.9. The predicted octanol–water partition coefficient (Wildman–Crippen LogP) is 3.47. The molecular weight excluding hydrogens is 244 g/mol. The van der Waals surface area contributed by atoms with E-state index in [1.54, 1.807) is 0 Å². The van der Waals surface area contributed by atoms with Crippen molar-refractivity contribution in [2.75, 3.05) is 6.54 Å². The van der Waals surface area contributed by atoms with E-state index in [0.29, 0.717) is 6.04 Å². The summed E-state index contributed by atoms with van der Waals surface area (Å²) in [6, 6.07) is 15.7. The minimum Gasteiger partial charge on any atom is -0.314 e. The van der Waals surface area contributed by atoms with Gasteiger partial charge in [0.05, 0.1) is 0 Å². The van der Waals surface area contributed by atoms with Crippen LogP contribution in [0.5, 0.6) is 0 Å². The molecule has 104 valence electrons. The molecule has 0 amide bonds. The van der Waals surface area contributed by atoms with Gasteiger partial charge in [-0.2, -0.15) is 0 Å². The molecule has 2 heteroatoms. The Morgan fingerprint density at radius 3 is 2.80 bits per heavy atom. The average Bonchev–Trinajstić information content (AvgIpc) is 2.42. The Kier molecular flexibility index (Phi) is 4.12. The van der Waals surface area contributed by atoms with E-state index < -0.39 is 0 Å². The predicted molar refractivity (Wildman–Crippen MR) is 82.9 cm³/mol. The van der Waals surface area contributed by atoms with Gasteiger partial charge >= 0.3 is 0 Å². The molecule has 0 spiro atoms. The summed E-state index contributed by atoms with van der Waals surface area (Å²) < 4.78 is 0. The molecule has 1 fully saturated rings. The lowest BCUT2D eigenvalue weighted by Crippen LogP contribution is -2.41. The van der Waals surface area contributed by atoms with Crippen molar-refractivity contribution in [2.45, 2.75) is 38.1 Å². The molecule has 1 heterocycles. The van der Waals surface area contributed by atoms with Crippen molar-refractivity contribution in [3.05, 3.63) is 65.5 Å². The summed E-state index contributed by atoms with van der Waals surface area (Å²) in [5.41, 5.74) is 4.05. The summed E-state index contributed by atoms with van der Waals surface area (Å²) in [4.78, 5) is 4.35. The quantitative estimate of drug-likeness (QED) is 0.896. The second-order valence-electron chi connectivity index (χ2n) is 5.80. The summed E-state index contributed by atoms with van der Waals surface area (Å²) in [6.45, 7) is 3.20. The molecule has 0 atom stereocenters. The first-order valence-electron chi connectivity index (χ1n) is 7.51. The monoisotopic (exact) mass is 266 g/mol. The molecule has 1 saturated carbocycles. The lowest BCUT2D eigenvalue weighted by atomic mass is 9.75. The molecule has 1 aliphatic carbocycles. The fraction of sp³-hybridized carbons (Fsp3) is 0.389. The standard InChI is InChI=1S/C18H22N2/c1-14-5-4-6-15(11-14)16-12-18(13-16)20-10-8-17-7-2-3-9-19-17/h2-7,9,11,16,18,20H,8,10,12-13H2,1H3. The van der Waals surface area contributed by atoms with Crippen molar-refractivity contribution >= 4 is 0 Å². The zero-order valence-electron chi connectivity index (χ0n) is 12.0. The van der Waals surface area contributed by atoms with Crippen LogP contribution < -0.4 is 5.32 Å². The van der Waals surface area contributed by atoms with Crippen molar-refractivity contribution in [2.24, 2.45) is 0 Å². The van der Waals surface area contributed by atoms with E-state index in [1.165, 1.54) is 29.7 Å². The highest BCUT2D eigenvalue weighted by Crippen LogP contribution is 2.36. The van der Waals surface area contributed by atoms with E-state index in [2.05, 4.69) is 53.6 Å². The molecule has 1 N–H and O–H groups in total. The smallest absolute Gasteiger partial charge is 0.0416 e. The number of benzene rings is 1. The summed E-state index contributed by atoms with van der Waals surface area (Å²) in [7, 11) is 0. The zero-order chi connectivity index (χ0) is 13.8. The van der Waals surface area contributed by atoms with Gasteiger partial charge in [-0.15, -0.1) is 0 Å². The van der Waals surface area contributed by atoms with Gasteiger partial charge in [0.1, 0.15) is 0 Å². The van der Waals surface area contributed by atoms with Gasteiger partial charge in [-0.05, 0) is 43.4 Å². The van der Waals surface area contributed by atoms with Gasteiger partial charge in [-0.3, -0.25) is 4.98 Å². The normalized spacial score (nSPS) is 21.4. The molecule has 0 bridgehead atoms. The lowest BCUT2D eigenvalue weighted by molar-refractivity contribution is 0.292. The van der Waals surface area contributed by atoms with Crippen LogP contribution in [0, 0.1) is 6.92 Å². The van der Waals surface area contributed by atoms with Gasteiger partial charge in [-0.1, -0.05) is 35.9 Å². The fourth-order valence-corrected chi connectivity index (χ4v) is 2.93. The molecule has 2 nitrogen and oxygen atoms in total. The van der Waals surface area contributed by atoms with E-state index in [1.807, 2.05) is 12.3 Å². The van der Waals surface area contributed by atoms with Crippen LogP contribution in [0.4, 0.5) is 0 Å². The third kappa shape index (κ3) is 3.26. The summed E-state index contributed by atoms with van der Waals surface area (Å²) >= 11 is 0. The summed E-state index contributed by atoms with van der Waals surface area (Å²) in [5, 5.41) is 3.64. The molecule has 0 saturated heterocycles. The van der Waals surface area contributed by atoms with E-state index in [-0.39, 0.29) is 0 Å². The van der Waals surface area contributed by atoms with Crippen molar-refractivity contribution in [1.82, 2.24) is 10.3 Å². The Balaban J connectivity index is 1.40. The van der Waals surface area contributed by atoms with Crippen molar-refractivity contribution in [1.29, 1.82) is 0 Å². The number of pyridine rings is 1. The second-order valence-corrected chi connectivity index (χ2v) is 5.80. The number of nitrogens with one attached hydrogen (secondary N) is 1. The fourth-order valence-electron chi connectivity index (χ4n) is 2.93. The maximum Gasteiger partial charge on any atom is 0.0416 e. The molecule has 3 rings (SSSR count). The van der Waals surface area contributed by atoms with Crippen LogP contribution >= 0.6 is 0 Å². The van der Waals surface area contributed by atoms with Gasteiger partial charge in [0.25, 0.3) is 0 Å². The molecule has 0 aliphatic heterocycles. The molecular formula is C18H22N2. The van der Waals surface area contributed by atoms with Gasteiger partial charge in [0.15, 0.2) is 0 Å². The molecule has 0 unspecified atom stereocenters. The van der Waals surface area contributed by atoms with E-state index in [4.69, 9.17) is 0 Å². The molecule has 1 aliphatic rings. The van der Waals surface area contributed by atoms with Crippen LogP contribution in [-0.2, 0) is 6.42 Å². The van der Waals surface area contributed by atoms with Gasteiger partial charge in [0.2, 0.25) is 0 Å². The first-order valence-corrected chi connectivity index (χ1v) is 7.51. The van der Waals surface area contributed by atoms with E-state index >= 15 is 0 Å². The van der Waals surface area contributed by atoms with Crippen LogP contribution in [0.2, 0.25) is 0 Å². The number of aromatic nitrogens is 1. The minimum atomic E-state index is 0.684. The third-order valence-corrected chi connectivity index (χ3v) is 4.19. The molecule has 1 aromatic carbocycles. The number of hydrogen-bond acceptors (Lipinski definition) is 2. The lowest BCUT2D eigenvalue weighted by Gasteiger charge is -2.36. The zero-order valence-corrected chi connectivity index (χ0v) is 12.0. The molecule has 0 radical (unpaired) electrons. The van der Waals surface area contributed by atoms with Crippen LogP contribution in [0.1, 0.15) is 35.6 Å². The Morgan fingerprint density at radius 2 is 2.05 bits per heavy atom. The number of hydrogen-bond donors (Lipinski definition) is 1. The van der Waals surface area contributed by atoms with Gasteiger partial charge < -0.3 is 5.32 Å². The Hall–Kier alpha value is -1.67. The summed E-state index contributed by atoms with van der Waals surface area (Å²) in [5.74, 6) is 0.752. The van der Waals surface area contributed by atoms with Crippen LogP contribution in [-0.4, -0.2) is 17.6 Å². The molecule has 2 aromatic rings. The highest BCUT2D eigenvalue weighted by Gasteiger charge is 2.29. The highest BCUT2D eigenvalue weighted by molar-refractivity contribution is 5.27. The minimum absolute atomic E-state index is 0.684. The van der Waals surface area contributed by atoms with Crippen molar-refractivity contribution in [3.63, 3.8) is 0 Å². The van der Waals surface area contributed by atoms with Crippen LogP contribution in [0.25, 0.3) is 0 Å².